The molecule has 80 valence electrons. The standard InChI is InChI=1S/C12H15NO2/c1-9(10-5-3-2-4-6-10)13-7-11(8-13)12(14)15/h2-6,9,11H,7-8H2,1H3,(H,14,15). The molecule has 0 aliphatic carbocycles. The van der Waals surface area contributed by atoms with Crippen molar-refractivity contribution in [2.24, 2.45) is 5.92 Å². The van der Waals surface area contributed by atoms with Gasteiger partial charge in [0.25, 0.3) is 0 Å². The van der Waals surface area contributed by atoms with Gasteiger partial charge in [-0.15, -0.1) is 0 Å². The molecular formula is C12H15NO2. The molecule has 1 saturated heterocycles. The van der Waals surface area contributed by atoms with E-state index in [4.69, 9.17) is 5.11 Å². The van der Waals surface area contributed by atoms with E-state index in [0.717, 1.165) is 0 Å². The smallest absolute Gasteiger partial charge is 0.309 e. The van der Waals surface area contributed by atoms with Gasteiger partial charge in [0.15, 0.2) is 0 Å². The molecule has 0 radical (unpaired) electrons. The molecule has 1 unspecified atom stereocenters. The fourth-order valence-electron chi connectivity index (χ4n) is 1.93. The molecule has 3 heteroatoms. The van der Waals surface area contributed by atoms with Gasteiger partial charge in [-0.2, -0.15) is 0 Å². The number of aliphatic carboxylic acids is 1. The lowest BCUT2D eigenvalue weighted by atomic mass is 9.95. The highest BCUT2D eigenvalue weighted by molar-refractivity contribution is 5.71. The summed E-state index contributed by atoms with van der Waals surface area (Å²) in [5.74, 6) is -0.845. The van der Waals surface area contributed by atoms with Crippen LogP contribution in [0.2, 0.25) is 0 Å². The quantitative estimate of drug-likeness (QED) is 0.817. The highest BCUT2D eigenvalue weighted by Crippen LogP contribution is 2.28. The summed E-state index contributed by atoms with van der Waals surface area (Å²) in [6.45, 7) is 3.46. The van der Waals surface area contributed by atoms with E-state index in [1.165, 1.54) is 5.56 Å². The van der Waals surface area contributed by atoms with Crippen molar-refractivity contribution in [1.82, 2.24) is 4.90 Å². The first-order valence-electron chi connectivity index (χ1n) is 5.20. The van der Waals surface area contributed by atoms with Crippen molar-refractivity contribution < 1.29 is 9.90 Å². The molecule has 1 aromatic rings. The van der Waals surface area contributed by atoms with E-state index in [0.29, 0.717) is 19.1 Å². The first kappa shape index (κ1) is 10.2. The van der Waals surface area contributed by atoms with Crippen LogP contribution in [0.1, 0.15) is 18.5 Å². The highest BCUT2D eigenvalue weighted by Gasteiger charge is 2.35. The molecule has 15 heavy (non-hydrogen) atoms. The summed E-state index contributed by atoms with van der Waals surface area (Å²) in [4.78, 5) is 12.8. The number of hydrogen-bond acceptors (Lipinski definition) is 2. The van der Waals surface area contributed by atoms with E-state index in [2.05, 4.69) is 24.0 Å². The molecule has 1 aromatic carbocycles. The zero-order valence-corrected chi connectivity index (χ0v) is 8.76. The second-order valence-electron chi connectivity index (χ2n) is 4.08. The van der Waals surface area contributed by atoms with Gasteiger partial charge in [-0.3, -0.25) is 9.69 Å². The Balaban J connectivity index is 1.95. The summed E-state index contributed by atoms with van der Waals surface area (Å²) in [5, 5.41) is 8.78. The molecule has 0 aromatic heterocycles. The monoisotopic (exact) mass is 205 g/mol. The third-order valence-corrected chi connectivity index (χ3v) is 3.09. The predicted molar refractivity (Wildman–Crippen MR) is 57.6 cm³/mol. The molecule has 1 fully saturated rings. The molecule has 1 heterocycles. The number of benzene rings is 1. The second kappa shape index (κ2) is 4.03. The number of likely N-dealkylation sites (tertiary alicyclic amines) is 1. The van der Waals surface area contributed by atoms with Gasteiger partial charge in [0.2, 0.25) is 0 Å². The first-order chi connectivity index (χ1) is 7.18. The van der Waals surface area contributed by atoms with Crippen molar-refractivity contribution in [2.75, 3.05) is 13.1 Å². The van der Waals surface area contributed by atoms with Gasteiger partial charge in [0.1, 0.15) is 0 Å². The molecule has 0 spiro atoms. The van der Waals surface area contributed by atoms with Crippen molar-refractivity contribution in [2.45, 2.75) is 13.0 Å². The van der Waals surface area contributed by atoms with E-state index in [1.54, 1.807) is 0 Å². The minimum absolute atomic E-state index is 0.170. The minimum atomic E-state index is -0.675. The zero-order chi connectivity index (χ0) is 10.8. The van der Waals surface area contributed by atoms with Gasteiger partial charge < -0.3 is 5.11 Å². The maximum absolute atomic E-state index is 10.7. The average molecular weight is 205 g/mol. The third kappa shape index (κ3) is 2.02. The van der Waals surface area contributed by atoms with Crippen LogP contribution in [-0.4, -0.2) is 29.1 Å². The lowest BCUT2D eigenvalue weighted by Gasteiger charge is -2.41. The van der Waals surface area contributed by atoms with Crippen LogP contribution in [0, 0.1) is 5.92 Å². The Labute approximate surface area is 89.3 Å². The minimum Gasteiger partial charge on any atom is -0.481 e. The Morgan fingerprint density at radius 1 is 1.40 bits per heavy atom. The molecule has 2 rings (SSSR count). The van der Waals surface area contributed by atoms with Crippen molar-refractivity contribution >= 4 is 5.97 Å². The Hall–Kier alpha value is -1.35. The summed E-state index contributed by atoms with van der Waals surface area (Å²) >= 11 is 0. The lowest BCUT2D eigenvalue weighted by Crippen LogP contribution is -2.51. The van der Waals surface area contributed by atoms with Crippen LogP contribution < -0.4 is 0 Å². The average Bonchev–Trinajstić information content (AvgIpc) is 2.16. The van der Waals surface area contributed by atoms with Crippen molar-refractivity contribution in [3.63, 3.8) is 0 Å². The molecule has 1 aliphatic heterocycles. The van der Waals surface area contributed by atoms with Crippen molar-refractivity contribution in [3.8, 4) is 0 Å². The number of rotatable bonds is 3. The Bertz CT molecular complexity index is 344. The van der Waals surface area contributed by atoms with Crippen LogP contribution >= 0.6 is 0 Å². The summed E-state index contributed by atoms with van der Waals surface area (Å²) < 4.78 is 0. The van der Waals surface area contributed by atoms with E-state index in [1.807, 2.05) is 18.2 Å². The maximum atomic E-state index is 10.7. The maximum Gasteiger partial charge on any atom is 0.309 e. The summed E-state index contributed by atoms with van der Waals surface area (Å²) in [6.07, 6.45) is 0. The SMILES string of the molecule is CC(c1ccccc1)N1CC(C(=O)O)C1. The molecule has 0 bridgehead atoms. The Morgan fingerprint density at radius 3 is 2.53 bits per heavy atom. The van der Waals surface area contributed by atoms with Crippen LogP contribution in [0.15, 0.2) is 30.3 Å². The number of nitrogens with zero attached hydrogens (tertiary/aromatic N) is 1. The third-order valence-electron chi connectivity index (χ3n) is 3.09. The Morgan fingerprint density at radius 2 is 2.00 bits per heavy atom. The molecule has 1 aliphatic rings. The number of carboxylic acid groups (broad SMARTS) is 1. The van der Waals surface area contributed by atoms with Gasteiger partial charge in [-0.1, -0.05) is 30.3 Å². The van der Waals surface area contributed by atoms with Crippen LogP contribution in [-0.2, 0) is 4.79 Å². The van der Waals surface area contributed by atoms with Crippen LogP contribution in [0.3, 0.4) is 0 Å². The van der Waals surface area contributed by atoms with Crippen LogP contribution in [0.5, 0.6) is 0 Å². The topological polar surface area (TPSA) is 40.5 Å². The molecule has 0 amide bonds. The summed E-state index contributed by atoms with van der Waals surface area (Å²) in [6, 6.07) is 10.5. The first-order valence-corrected chi connectivity index (χ1v) is 5.20. The molecular weight excluding hydrogens is 190 g/mol. The fourth-order valence-corrected chi connectivity index (χ4v) is 1.93. The van der Waals surface area contributed by atoms with Crippen LogP contribution in [0.4, 0.5) is 0 Å². The van der Waals surface area contributed by atoms with Gasteiger partial charge in [0.05, 0.1) is 5.92 Å². The zero-order valence-electron chi connectivity index (χ0n) is 8.76. The molecule has 3 nitrogen and oxygen atoms in total. The van der Waals surface area contributed by atoms with Crippen molar-refractivity contribution in [3.05, 3.63) is 35.9 Å². The van der Waals surface area contributed by atoms with Crippen molar-refractivity contribution in [1.29, 1.82) is 0 Å². The number of carbonyl (C=O) groups is 1. The normalized spacial score (nSPS) is 19.5. The molecule has 1 N–H and O–H groups in total. The van der Waals surface area contributed by atoms with Gasteiger partial charge >= 0.3 is 5.97 Å². The van der Waals surface area contributed by atoms with Gasteiger partial charge in [-0.05, 0) is 12.5 Å². The molecule has 0 saturated carbocycles. The second-order valence-corrected chi connectivity index (χ2v) is 4.08. The van der Waals surface area contributed by atoms with E-state index in [-0.39, 0.29) is 5.92 Å². The lowest BCUT2D eigenvalue weighted by molar-refractivity contribution is -0.148. The summed E-state index contributed by atoms with van der Waals surface area (Å²) in [5.41, 5.74) is 1.25. The molecule has 1 atom stereocenters. The van der Waals surface area contributed by atoms with Crippen LogP contribution in [0.25, 0.3) is 0 Å². The number of hydrogen-bond donors (Lipinski definition) is 1. The Kier molecular flexibility index (Phi) is 2.73. The largest absolute Gasteiger partial charge is 0.481 e. The van der Waals surface area contributed by atoms with E-state index >= 15 is 0 Å². The van der Waals surface area contributed by atoms with Gasteiger partial charge in [-0.25, -0.2) is 0 Å². The van der Waals surface area contributed by atoms with E-state index < -0.39 is 5.97 Å². The number of carboxylic acids is 1. The fraction of sp³-hybridized carbons (Fsp3) is 0.417. The van der Waals surface area contributed by atoms with E-state index in [9.17, 15) is 4.79 Å². The predicted octanol–water partition coefficient (Wildman–Crippen LogP) is 1.76. The van der Waals surface area contributed by atoms with Gasteiger partial charge in [0, 0.05) is 19.1 Å². The summed E-state index contributed by atoms with van der Waals surface area (Å²) in [7, 11) is 0. The highest BCUT2D eigenvalue weighted by atomic mass is 16.4.